The molecule has 0 aliphatic rings. The minimum Gasteiger partial charge on any atom is -0.456 e. The molecule has 0 atom stereocenters. The molecule has 1 heterocycles. The van der Waals surface area contributed by atoms with E-state index < -0.39 is 173 Å². The van der Waals surface area contributed by atoms with Crippen LogP contribution in [0.4, 0.5) is 0 Å². The molecule has 10 rings (SSSR count). The lowest BCUT2D eigenvalue weighted by Gasteiger charge is -2.18. The Balaban J connectivity index is 1.23. The van der Waals surface area contributed by atoms with E-state index in [9.17, 15) is 6.85 Å². The van der Waals surface area contributed by atoms with Crippen LogP contribution in [0.3, 0.4) is 0 Å². The quantitative estimate of drug-likeness (QED) is 0.173. The first-order valence-electron chi connectivity index (χ1n) is 26.9. The summed E-state index contributed by atoms with van der Waals surface area (Å²) in [5.74, 6) is 0. The number of hydrogen-bond donors (Lipinski definition) is 0. The number of benzene rings is 9. The van der Waals surface area contributed by atoms with Crippen molar-refractivity contribution in [2.45, 2.75) is 0 Å². The first-order chi connectivity index (χ1) is 34.3. The molecule has 9 aromatic carbocycles. The minimum atomic E-state index is -0.793. The zero-order chi connectivity index (χ0) is 53.2. The van der Waals surface area contributed by atoms with Gasteiger partial charge in [0, 0.05) is 10.8 Å². The summed E-state index contributed by atoms with van der Waals surface area (Å²) < 4.78 is 216. The van der Waals surface area contributed by atoms with E-state index in [1.54, 1.807) is 24.3 Å². The summed E-state index contributed by atoms with van der Waals surface area (Å²) in [7, 11) is 0. The lowest BCUT2D eigenvalue weighted by atomic mass is 9.85. The third kappa shape index (κ3) is 4.55. The van der Waals surface area contributed by atoms with Gasteiger partial charge < -0.3 is 4.42 Å². The molecular formula is C48H30O. The molecule has 1 aromatic heterocycles. The van der Waals surface area contributed by atoms with Crippen molar-refractivity contribution in [3.63, 3.8) is 0 Å². The Morgan fingerprint density at radius 2 is 0.837 bits per heavy atom. The molecule has 0 aliphatic carbocycles. The van der Waals surface area contributed by atoms with Crippen LogP contribution in [0.2, 0.25) is 0 Å². The fourth-order valence-corrected chi connectivity index (χ4v) is 6.13. The molecular weight excluding hydrogens is 593 g/mol. The molecule has 0 saturated carbocycles. The lowest BCUT2D eigenvalue weighted by molar-refractivity contribution is 0.669. The normalized spacial score (nSPS) is 18.5. The summed E-state index contributed by atoms with van der Waals surface area (Å²) in [6, 6.07) is -7.44. The third-order valence-electron chi connectivity index (χ3n) is 8.30. The average molecular weight is 647 g/mol. The van der Waals surface area contributed by atoms with Gasteiger partial charge in [0.05, 0.1) is 32.9 Å². The van der Waals surface area contributed by atoms with Crippen molar-refractivity contribution < 1.29 is 37.3 Å². The standard InChI is InChI=1S/C48H30O/c1-3-11-31(12-4-1)37-23-25-39-44-29-36(24-26-45(44)49-46(39)30-37)34-19-20-35-28-38(22-21-33(35)27-34)48-42-17-9-7-15-40(42)47(32-13-5-2-6-14-32)41-16-8-10-18-43(41)48/h1-30H/i1D,2D,3D,4D,5D,6D,7D,8D,9D,10D,11D,12D,13D,14D,15D,16D,17D,18D,23D,24D,25D,26D,29D,30D. The van der Waals surface area contributed by atoms with Crippen LogP contribution >= 0.6 is 0 Å². The molecule has 0 spiro atoms. The molecule has 0 unspecified atom stereocenters. The van der Waals surface area contributed by atoms with Gasteiger partial charge in [-0.25, -0.2) is 0 Å². The molecule has 0 radical (unpaired) electrons. The topological polar surface area (TPSA) is 13.1 Å². The molecule has 0 N–H and O–H groups in total. The summed E-state index contributed by atoms with van der Waals surface area (Å²) in [6.07, 6.45) is 0. The van der Waals surface area contributed by atoms with Crippen molar-refractivity contribution in [2.75, 3.05) is 0 Å². The van der Waals surface area contributed by atoms with Gasteiger partial charge in [-0.15, -0.1) is 0 Å². The van der Waals surface area contributed by atoms with Gasteiger partial charge in [0.2, 0.25) is 0 Å². The van der Waals surface area contributed by atoms with Gasteiger partial charge in [0.1, 0.15) is 11.2 Å². The van der Waals surface area contributed by atoms with Crippen molar-refractivity contribution in [2.24, 2.45) is 0 Å². The van der Waals surface area contributed by atoms with Crippen LogP contribution in [-0.2, 0) is 0 Å². The maximum absolute atomic E-state index is 9.43. The Bertz CT molecular complexity index is 4120. The number of fused-ring (bicyclic) bond motifs is 6. The van der Waals surface area contributed by atoms with Crippen LogP contribution < -0.4 is 0 Å². The summed E-state index contributed by atoms with van der Waals surface area (Å²) >= 11 is 0. The van der Waals surface area contributed by atoms with E-state index in [0.29, 0.717) is 10.8 Å². The summed E-state index contributed by atoms with van der Waals surface area (Å²) in [5, 5.41) is -0.884. The van der Waals surface area contributed by atoms with Crippen LogP contribution in [-0.4, -0.2) is 0 Å². The monoisotopic (exact) mass is 646 g/mol. The molecule has 10 aromatic rings. The highest BCUT2D eigenvalue weighted by atomic mass is 16.3. The molecule has 49 heavy (non-hydrogen) atoms. The molecule has 0 saturated heterocycles. The summed E-state index contributed by atoms with van der Waals surface area (Å²) in [4.78, 5) is 0. The van der Waals surface area contributed by atoms with Gasteiger partial charge in [-0.2, -0.15) is 0 Å². The van der Waals surface area contributed by atoms with E-state index in [4.69, 9.17) is 30.5 Å². The lowest BCUT2D eigenvalue weighted by Crippen LogP contribution is -1.90. The van der Waals surface area contributed by atoms with E-state index in [1.807, 2.05) is 0 Å². The first-order valence-corrected chi connectivity index (χ1v) is 14.9. The fourth-order valence-electron chi connectivity index (χ4n) is 6.13. The van der Waals surface area contributed by atoms with E-state index in [2.05, 4.69) is 0 Å². The van der Waals surface area contributed by atoms with Gasteiger partial charge in [0.15, 0.2) is 0 Å². The van der Waals surface area contributed by atoms with E-state index in [-0.39, 0.29) is 60.2 Å². The highest BCUT2D eigenvalue weighted by molar-refractivity contribution is 6.21. The Morgan fingerprint density at radius 3 is 1.49 bits per heavy atom. The molecule has 228 valence electrons. The SMILES string of the molecule is [2H]c1c([2H])c([2H])c(-c2c([2H])c([2H])c3c(oc4c([2H])c([2H])c(-c5ccc6cc(-c7c8c([2H])c([2H])c([2H])c([2H])c8c(-c8c([2H])c([2H])c([2H])c([2H])c8[2H])c8c([2H])c([2H])c([2H])c([2H])c78)ccc6c5)c([2H])c43)c2[2H])c([2H])c1[2H]. The maximum atomic E-state index is 9.43. The predicted molar refractivity (Wildman–Crippen MR) is 208 cm³/mol. The van der Waals surface area contributed by atoms with Gasteiger partial charge in [-0.05, 0) is 113 Å². The minimum absolute atomic E-state index is 0.0902. The Hall–Kier alpha value is -6.44. The molecule has 1 nitrogen and oxygen atoms in total. The van der Waals surface area contributed by atoms with E-state index in [1.165, 1.54) is 12.1 Å². The Kier molecular flexibility index (Phi) is 2.91. The highest BCUT2D eigenvalue weighted by Crippen LogP contribution is 2.44. The number of hydrogen-bond acceptors (Lipinski definition) is 1. The summed E-state index contributed by atoms with van der Waals surface area (Å²) in [5.41, 5.74) is -2.61. The number of furan rings is 1. The van der Waals surface area contributed by atoms with E-state index in [0.717, 1.165) is 0 Å². The third-order valence-corrected chi connectivity index (χ3v) is 8.30. The summed E-state index contributed by atoms with van der Waals surface area (Å²) in [6.45, 7) is 0. The highest BCUT2D eigenvalue weighted by Gasteiger charge is 2.17. The molecule has 0 bridgehead atoms. The smallest absolute Gasteiger partial charge is 0.136 e. The molecule has 0 amide bonds. The zero-order valence-electron chi connectivity index (χ0n) is 48.9. The van der Waals surface area contributed by atoms with Gasteiger partial charge >= 0.3 is 0 Å². The van der Waals surface area contributed by atoms with Crippen LogP contribution in [0.25, 0.3) is 98.8 Å². The number of rotatable bonds is 4. The van der Waals surface area contributed by atoms with E-state index >= 15 is 0 Å². The second-order valence-electron chi connectivity index (χ2n) is 11.0. The molecule has 0 fully saturated rings. The van der Waals surface area contributed by atoms with Crippen LogP contribution in [0.5, 0.6) is 0 Å². The van der Waals surface area contributed by atoms with Crippen LogP contribution in [0.15, 0.2) is 186 Å². The zero-order valence-corrected chi connectivity index (χ0v) is 24.9. The molecule has 0 aliphatic heterocycles. The van der Waals surface area contributed by atoms with Gasteiger partial charge in [0.25, 0.3) is 0 Å². The second-order valence-corrected chi connectivity index (χ2v) is 11.0. The fraction of sp³-hybridized carbons (Fsp3) is 0. The predicted octanol–water partition coefficient (Wildman–Crippen LogP) is 13.7. The Morgan fingerprint density at radius 1 is 0.327 bits per heavy atom. The first kappa shape index (κ1) is 12.9. The van der Waals surface area contributed by atoms with Crippen molar-refractivity contribution in [3.05, 3.63) is 181 Å². The molecule has 1 heteroatoms. The average Bonchev–Trinajstić information content (AvgIpc) is 3.79. The Labute approximate surface area is 318 Å². The maximum Gasteiger partial charge on any atom is 0.136 e. The van der Waals surface area contributed by atoms with Crippen molar-refractivity contribution in [1.29, 1.82) is 0 Å². The van der Waals surface area contributed by atoms with Gasteiger partial charge in [-0.1, -0.05) is 145 Å². The van der Waals surface area contributed by atoms with Gasteiger partial charge in [-0.3, -0.25) is 0 Å². The van der Waals surface area contributed by atoms with Crippen molar-refractivity contribution in [3.8, 4) is 44.5 Å². The second kappa shape index (κ2) is 11.1. The van der Waals surface area contributed by atoms with Crippen molar-refractivity contribution in [1.82, 2.24) is 0 Å². The largest absolute Gasteiger partial charge is 0.456 e. The van der Waals surface area contributed by atoms with Crippen LogP contribution in [0.1, 0.15) is 32.9 Å². The van der Waals surface area contributed by atoms with Crippen LogP contribution in [0, 0.1) is 0 Å². The van der Waals surface area contributed by atoms with Crippen molar-refractivity contribution >= 4 is 54.3 Å².